The van der Waals surface area contributed by atoms with Crippen LogP contribution in [-0.4, -0.2) is 32.0 Å². The van der Waals surface area contributed by atoms with E-state index in [0.29, 0.717) is 5.56 Å². The number of carbonyl (C=O) groups is 1. The van der Waals surface area contributed by atoms with Gasteiger partial charge in [-0.15, -0.1) is 0 Å². The summed E-state index contributed by atoms with van der Waals surface area (Å²) in [5.74, 6) is 0.689. The van der Waals surface area contributed by atoms with Crippen LogP contribution in [0.4, 0.5) is 5.82 Å². The minimum atomic E-state index is -0.0910. The van der Waals surface area contributed by atoms with Crippen LogP contribution < -0.4 is 10.2 Å². The zero-order valence-electron chi connectivity index (χ0n) is 10.2. The predicted octanol–water partition coefficient (Wildman–Crippen LogP) is 1.66. The van der Waals surface area contributed by atoms with E-state index in [-0.39, 0.29) is 5.91 Å². The normalized spacial score (nSPS) is 10.3. The van der Waals surface area contributed by atoms with Gasteiger partial charge in [-0.2, -0.15) is 0 Å². The topological polar surface area (TPSA) is 45.2 Å². The summed E-state index contributed by atoms with van der Waals surface area (Å²) >= 11 is 0. The molecular formula is C13H15N3O. The second kappa shape index (κ2) is 4.41. The number of pyridine rings is 1. The Morgan fingerprint density at radius 1 is 1.29 bits per heavy atom. The zero-order valence-corrected chi connectivity index (χ0v) is 10.2. The number of benzene rings is 1. The monoisotopic (exact) mass is 229 g/mol. The molecule has 1 aromatic carbocycles. The van der Waals surface area contributed by atoms with Crippen LogP contribution in [0.2, 0.25) is 0 Å². The van der Waals surface area contributed by atoms with Crippen molar-refractivity contribution in [2.75, 3.05) is 26.0 Å². The van der Waals surface area contributed by atoms with Gasteiger partial charge in [0.25, 0.3) is 5.91 Å². The fourth-order valence-corrected chi connectivity index (χ4v) is 1.71. The third-order valence-electron chi connectivity index (χ3n) is 2.63. The summed E-state index contributed by atoms with van der Waals surface area (Å²) in [7, 11) is 5.45. The van der Waals surface area contributed by atoms with E-state index < -0.39 is 0 Å². The number of hydrogen-bond donors (Lipinski definition) is 1. The minimum absolute atomic E-state index is 0.0910. The van der Waals surface area contributed by atoms with Crippen molar-refractivity contribution >= 4 is 22.6 Å². The van der Waals surface area contributed by atoms with E-state index >= 15 is 0 Å². The van der Waals surface area contributed by atoms with Gasteiger partial charge >= 0.3 is 0 Å². The Morgan fingerprint density at radius 3 is 2.65 bits per heavy atom. The quantitative estimate of drug-likeness (QED) is 0.851. The highest BCUT2D eigenvalue weighted by molar-refractivity contribution is 6.06. The number of para-hydroxylation sites is 1. The van der Waals surface area contributed by atoms with Crippen LogP contribution in [0.25, 0.3) is 10.9 Å². The molecule has 0 saturated heterocycles. The number of hydrogen-bond acceptors (Lipinski definition) is 3. The highest BCUT2D eigenvalue weighted by atomic mass is 16.1. The molecule has 4 heteroatoms. The van der Waals surface area contributed by atoms with E-state index in [4.69, 9.17) is 0 Å². The molecule has 1 heterocycles. The molecule has 0 bridgehead atoms. The lowest BCUT2D eigenvalue weighted by molar-refractivity contribution is 0.0964. The maximum Gasteiger partial charge on any atom is 0.251 e. The van der Waals surface area contributed by atoms with E-state index in [2.05, 4.69) is 10.3 Å². The zero-order chi connectivity index (χ0) is 12.4. The first-order chi connectivity index (χ1) is 8.13. The summed E-state index contributed by atoms with van der Waals surface area (Å²) in [5.41, 5.74) is 1.49. The Hall–Kier alpha value is -2.10. The van der Waals surface area contributed by atoms with Gasteiger partial charge in [0.15, 0.2) is 0 Å². The second-order valence-corrected chi connectivity index (χ2v) is 4.02. The standard InChI is InChI=1S/C13H15N3O/c1-14-13(17)10-8-12(16(2)3)15-11-7-5-4-6-9(10)11/h4-8H,1-3H3,(H,14,17). The van der Waals surface area contributed by atoms with Crippen LogP contribution in [0.1, 0.15) is 10.4 Å². The average molecular weight is 229 g/mol. The van der Waals surface area contributed by atoms with Gasteiger partial charge in [0, 0.05) is 26.5 Å². The smallest absolute Gasteiger partial charge is 0.251 e. The first-order valence-electron chi connectivity index (χ1n) is 5.42. The number of anilines is 1. The van der Waals surface area contributed by atoms with Gasteiger partial charge in [-0.05, 0) is 12.1 Å². The highest BCUT2D eigenvalue weighted by Gasteiger charge is 2.11. The summed E-state index contributed by atoms with van der Waals surface area (Å²) in [6, 6.07) is 9.45. The van der Waals surface area contributed by atoms with Gasteiger partial charge in [0.1, 0.15) is 5.82 Å². The van der Waals surface area contributed by atoms with Crippen LogP contribution in [0, 0.1) is 0 Å². The van der Waals surface area contributed by atoms with Gasteiger partial charge in [0.05, 0.1) is 11.1 Å². The van der Waals surface area contributed by atoms with Crippen LogP contribution in [-0.2, 0) is 0 Å². The molecule has 0 radical (unpaired) electrons. The van der Waals surface area contributed by atoms with Crippen molar-refractivity contribution in [3.05, 3.63) is 35.9 Å². The number of nitrogens with one attached hydrogen (secondary N) is 1. The lowest BCUT2D eigenvalue weighted by atomic mass is 10.1. The maximum absolute atomic E-state index is 11.8. The number of amides is 1. The van der Waals surface area contributed by atoms with E-state index in [1.54, 1.807) is 13.1 Å². The van der Waals surface area contributed by atoms with Crippen LogP contribution in [0.15, 0.2) is 30.3 Å². The van der Waals surface area contributed by atoms with Gasteiger partial charge in [0.2, 0.25) is 0 Å². The van der Waals surface area contributed by atoms with Crippen LogP contribution >= 0.6 is 0 Å². The van der Waals surface area contributed by atoms with Gasteiger partial charge < -0.3 is 10.2 Å². The number of carbonyl (C=O) groups excluding carboxylic acids is 1. The molecule has 0 aliphatic rings. The van der Waals surface area contributed by atoms with Crippen molar-refractivity contribution in [2.24, 2.45) is 0 Å². The third kappa shape index (κ3) is 2.06. The van der Waals surface area contributed by atoms with E-state index in [0.717, 1.165) is 16.7 Å². The summed E-state index contributed by atoms with van der Waals surface area (Å²) in [6.45, 7) is 0. The van der Waals surface area contributed by atoms with Crippen LogP contribution in [0.5, 0.6) is 0 Å². The molecular weight excluding hydrogens is 214 g/mol. The summed E-state index contributed by atoms with van der Waals surface area (Å²) in [6.07, 6.45) is 0. The van der Waals surface area contributed by atoms with Crippen molar-refractivity contribution in [1.29, 1.82) is 0 Å². The minimum Gasteiger partial charge on any atom is -0.363 e. The second-order valence-electron chi connectivity index (χ2n) is 4.02. The lowest BCUT2D eigenvalue weighted by Crippen LogP contribution is -2.20. The number of rotatable bonds is 2. The molecule has 2 aromatic rings. The summed E-state index contributed by atoms with van der Waals surface area (Å²) in [4.78, 5) is 18.2. The Balaban J connectivity index is 2.73. The molecule has 88 valence electrons. The summed E-state index contributed by atoms with van der Waals surface area (Å²) in [5, 5.41) is 3.53. The fraction of sp³-hybridized carbons (Fsp3) is 0.231. The SMILES string of the molecule is CNC(=O)c1cc(N(C)C)nc2ccccc12. The highest BCUT2D eigenvalue weighted by Crippen LogP contribution is 2.21. The van der Waals surface area contributed by atoms with Crippen molar-refractivity contribution in [3.8, 4) is 0 Å². The molecule has 0 atom stereocenters. The van der Waals surface area contributed by atoms with E-state index in [1.165, 1.54) is 0 Å². The van der Waals surface area contributed by atoms with Gasteiger partial charge in [-0.1, -0.05) is 18.2 Å². The fourth-order valence-electron chi connectivity index (χ4n) is 1.71. The molecule has 2 rings (SSSR count). The van der Waals surface area contributed by atoms with Crippen molar-refractivity contribution in [1.82, 2.24) is 10.3 Å². The molecule has 1 aromatic heterocycles. The first kappa shape index (κ1) is 11.4. The Kier molecular flexibility index (Phi) is 2.95. The predicted molar refractivity (Wildman–Crippen MR) is 69.5 cm³/mol. The number of fused-ring (bicyclic) bond motifs is 1. The molecule has 0 saturated carbocycles. The van der Waals surface area contributed by atoms with E-state index in [1.807, 2.05) is 43.3 Å². The molecule has 0 spiro atoms. The molecule has 0 aliphatic heterocycles. The molecule has 0 fully saturated rings. The van der Waals surface area contributed by atoms with Crippen LogP contribution in [0.3, 0.4) is 0 Å². The molecule has 1 N–H and O–H groups in total. The number of nitrogens with zero attached hydrogens (tertiary/aromatic N) is 2. The van der Waals surface area contributed by atoms with Crippen molar-refractivity contribution < 1.29 is 4.79 Å². The molecule has 0 unspecified atom stereocenters. The molecule has 4 nitrogen and oxygen atoms in total. The Labute approximate surface area is 100 Å². The maximum atomic E-state index is 11.8. The van der Waals surface area contributed by atoms with Gasteiger partial charge in [-0.25, -0.2) is 4.98 Å². The molecule has 1 amide bonds. The average Bonchev–Trinajstić information content (AvgIpc) is 2.36. The molecule has 17 heavy (non-hydrogen) atoms. The van der Waals surface area contributed by atoms with Crippen molar-refractivity contribution in [3.63, 3.8) is 0 Å². The number of aromatic nitrogens is 1. The third-order valence-corrected chi connectivity index (χ3v) is 2.63. The first-order valence-corrected chi connectivity index (χ1v) is 5.42. The lowest BCUT2D eigenvalue weighted by Gasteiger charge is -2.14. The largest absolute Gasteiger partial charge is 0.363 e. The Morgan fingerprint density at radius 2 is 2.00 bits per heavy atom. The summed E-state index contributed by atoms with van der Waals surface area (Å²) < 4.78 is 0. The van der Waals surface area contributed by atoms with Gasteiger partial charge in [-0.3, -0.25) is 4.79 Å². The molecule has 0 aliphatic carbocycles. The van der Waals surface area contributed by atoms with Crippen molar-refractivity contribution in [2.45, 2.75) is 0 Å². The Bertz CT molecular complexity index is 564. The van der Waals surface area contributed by atoms with E-state index in [9.17, 15) is 4.79 Å².